The second kappa shape index (κ2) is 8.83. The van der Waals surface area contributed by atoms with E-state index >= 15 is 0 Å². The van der Waals surface area contributed by atoms with E-state index in [1.165, 1.54) is 21.6 Å². The van der Waals surface area contributed by atoms with Gasteiger partial charge in [0.1, 0.15) is 11.4 Å². The number of ether oxygens (including phenoxy) is 1. The molecular weight excluding hydrogens is 484 g/mol. The fraction of sp³-hybridized carbons (Fsp3) is 0.429. The molecule has 3 aromatic heterocycles. The van der Waals surface area contributed by atoms with Gasteiger partial charge < -0.3 is 14.2 Å². The molecule has 5 heterocycles. The summed E-state index contributed by atoms with van der Waals surface area (Å²) in [6, 6.07) is 8.51. The molecule has 6 rings (SSSR count). The molecule has 192 valence electrons. The van der Waals surface area contributed by atoms with Crippen LogP contribution < -0.4 is 4.74 Å². The lowest BCUT2D eigenvalue weighted by atomic mass is 9.92. The Kier molecular flexibility index (Phi) is 5.71. The van der Waals surface area contributed by atoms with E-state index in [0.29, 0.717) is 12.4 Å². The molecule has 0 spiro atoms. The molecule has 4 aromatic rings. The van der Waals surface area contributed by atoms with Gasteiger partial charge in [0.2, 0.25) is 5.82 Å². The zero-order valence-corrected chi connectivity index (χ0v) is 22.9. The predicted octanol–water partition coefficient (Wildman–Crippen LogP) is 5.31. The summed E-state index contributed by atoms with van der Waals surface area (Å²) in [6.45, 7) is 10.5. The van der Waals surface area contributed by atoms with Crippen LogP contribution in [0.15, 0.2) is 29.6 Å². The molecule has 37 heavy (non-hydrogen) atoms. The number of benzene rings is 1. The van der Waals surface area contributed by atoms with Crippen LogP contribution in [0.5, 0.6) is 5.75 Å². The van der Waals surface area contributed by atoms with Crippen molar-refractivity contribution < 1.29 is 9.53 Å². The number of carbonyl (C=O) groups excluding carboxylic acids is 1. The van der Waals surface area contributed by atoms with Gasteiger partial charge in [0.15, 0.2) is 0 Å². The zero-order valence-electron chi connectivity index (χ0n) is 22.0. The average molecular weight is 517 g/mol. The smallest absolute Gasteiger partial charge is 0.271 e. The molecule has 0 radical (unpaired) electrons. The number of aryl methyl sites for hydroxylation is 2. The Balaban J connectivity index is 1.63. The third-order valence-corrected chi connectivity index (χ3v) is 8.35. The molecular formula is C28H32N6O2S. The molecule has 0 bridgehead atoms. The van der Waals surface area contributed by atoms with Crippen molar-refractivity contribution in [2.45, 2.75) is 65.6 Å². The SMILES string of the molecule is CCn1nnc(-c2cc3c(cc2OC)CCn2c4c(c(-c5cccs5)c2-3)CCCN(C(C)(C)C)C4=O)n1. The summed E-state index contributed by atoms with van der Waals surface area (Å²) in [6.07, 6.45) is 2.65. The maximum absolute atomic E-state index is 14.1. The highest BCUT2D eigenvalue weighted by atomic mass is 32.1. The molecule has 0 unspecified atom stereocenters. The number of methoxy groups -OCH3 is 1. The molecule has 1 amide bonds. The number of nitrogens with zero attached hydrogens (tertiary/aromatic N) is 6. The normalized spacial score (nSPS) is 15.3. The fourth-order valence-electron chi connectivity index (χ4n) is 5.74. The largest absolute Gasteiger partial charge is 0.496 e. The molecule has 9 heteroatoms. The van der Waals surface area contributed by atoms with Gasteiger partial charge in [0.05, 0.1) is 24.9 Å². The number of hydrogen-bond acceptors (Lipinski definition) is 6. The number of aromatic nitrogens is 5. The maximum Gasteiger partial charge on any atom is 0.271 e. The van der Waals surface area contributed by atoms with E-state index in [0.717, 1.165) is 60.6 Å². The van der Waals surface area contributed by atoms with E-state index in [1.807, 2.05) is 11.8 Å². The van der Waals surface area contributed by atoms with Gasteiger partial charge in [-0.2, -0.15) is 4.80 Å². The van der Waals surface area contributed by atoms with Gasteiger partial charge >= 0.3 is 0 Å². The average Bonchev–Trinajstić information content (AvgIpc) is 3.61. The lowest BCUT2D eigenvalue weighted by Gasteiger charge is -2.35. The highest BCUT2D eigenvalue weighted by Gasteiger charge is 2.38. The van der Waals surface area contributed by atoms with E-state index in [4.69, 9.17) is 4.74 Å². The Morgan fingerprint density at radius 3 is 2.62 bits per heavy atom. The van der Waals surface area contributed by atoms with Crippen molar-refractivity contribution in [2.24, 2.45) is 0 Å². The second-order valence-corrected chi connectivity index (χ2v) is 11.6. The lowest BCUT2D eigenvalue weighted by molar-refractivity contribution is 0.0579. The molecule has 0 N–H and O–H groups in total. The van der Waals surface area contributed by atoms with Gasteiger partial charge in [0, 0.05) is 34.6 Å². The first kappa shape index (κ1) is 23.9. The number of amides is 1. The molecule has 1 aromatic carbocycles. The van der Waals surface area contributed by atoms with E-state index in [-0.39, 0.29) is 11.4 Å². The van der Waals surface area contributed by atoms with Crippen LogP contribution in [0.3, 0.4) is 0 Å². The minimum Gasteiger partial charge on any atom is -0.496 e. The van der Waals surface area contributed by atoms with Crippen molar-refractivity contribution in [3.63, 3.8) is 0 Å². The summed E-state index contributed by atoms with van der Waals surface area (Å²) < 4.78 is 8.07. The quantitative estimate of drug-likeness (QED) is 0.367. The van der Waals surface area contributed by atoms with Crippen LogP contribution in [0.4, 0.5) is 0 Å². The van der Waals surface area contributed by atoms with Gasteiger partial charge in [-0.1, -0.05) is 6.07 Å². The third-order valence-electron chi connectivity index (χ3n) is 7.46. The van der Waals surface area contributed by atoms with Gasteiger partial charge in [-0.25, -0.2) is 0 Å². The second-order valence-electron chi connectivity index (χ2n) is 10.7. The van der Waals surface area contributed by atoms with Crippen LogP contribution in [0.2, 0.25) is 0 Å². The van der Waals surface area contributed by atoms with Crippen LogP contribution in [-0.4, -0.2) is 54.8 Å². The topological polar surface area (TPSA) is 78.1 Å². The molecule has 0 fully saturated rings. The first-order chi connectivity index (χ1) is 17.8. The van der Waals surface area contributed by atoms with Crippen molar-refractivity contribution in [1.29, 1.82) is 0 Å². The number of fused-ring (bicyclic) bond motifs is 5. The summed E-state index contributed by atoms with van der Waals surface area (Å²) in [4.78, 5) is 19.0. The summed E-state index contributed by atoms with van der Waals surface area (Å²) in [5.41, 5.74) is 7.23. The van der Waals surface area contributed by atoms with Gasteiger partial charge in [-0.3, -0.25) is 4.79 Å². The number of tetrazole rings is 1. The molecule has 2 aliphatic heterocycles. The Bertz CT molecular complexity index is 1490. The van der Waals surface area contributed by atoms with E-state index in [2.05, 4.69) is 70.4 Å². The zero-order chi connectivity index (χ0) is 25.9. The van der Waals surface area contributed by atoms with Crippen LogP contribution >= 0.6 is 11.3 Å². The standard InChI is InChI=1S/C28H32N6O2S/c1-6-34-30-26(29-31-34)20-16-19-17(15-21(20)36-5)11-13-32-24(19)23(22-10-8-14-37-22)18-9-7-12-33(28(2,3)4)27(35)25(18)32/h8,10,14-16H,6-7,9,11-13H2,1-5H3. The van der Waals surface area contributed by atoms with Gasteiger partial charge in [0.25, 0.3) is 5.91 Å². The van der Waals surface area contributed by atoms with E-state index in [9.17, 15) is 4.79 Å². The molecule has 0 saturated heterocycles. The Morgan fingerprint density at radius 2 is 1.95 bits per heavy atom. The van der Waals surface area contributed by atoms with Crippen LogP contribution in [0, 0.1) is 0 Å². The van der Waals surface area contributed by atoms with Crippen molar-refractivity contribution >= 4 is 17.2 Å². The molecule has 0 aliphatic carbocycles. The van der Waals surface area contributed by atoms with Crippen molar-refractivity contribution in [3.8, 4) is 38.8 Å². The van der Waals surface area contributed by atoms with E-state index in [1.54, 1.807) is 23.2 Å². The molecule has 8 nitrogen and oxygen atoms in total. The number of carbonyl (C=O) groups is 1. The minimum atomic E-state index is -0.240. The fourth-order valence-corrected chi connectivity index (χ4v) is 6.54. The summed E-state index contributed by atoms with van der Waals surface area (Å²) in [5, 5.41) is 15.2. The number of hydrogen-bond donors (Lipinski definition) is 0. The molecule has 2 aliphatic rings. The van der Waals surface area contributed by atoms with Crippen molar-refractivity contribution in [1.82, 2.24) is 29.7 Å². The molecule has 0 atom stereocenters. The summed E-state index contributed by atoms with van der Waals surface area (Å²) in [5.74, 6) is 1.41. The summed E-state index contributed by atoms with van der Waals surface area (Å²) in [7, 11) is 1.68. The van der Waals surface area contributed by atoms with Crippen molar-refractivity contribution in [3.05, 3.63) is 46.5 Å². The monoisotopic (exact) mass is 516 g/mol. The Labute approximate surface area is 220 Å². The predicted molar refractivity (Wildman–Crippen MR) is 145 cm³/mol. The van der Waals surface area contributed by atoms with Gasteiger partial charge in [-0.15, -0.1) is 21.5 Å². The number of rotatable bonds is 4. The molecule has 0 saturated carbocycles. The Hall–Kier alpha value is -3.46. The third kappa shape index (κ3) is 3.79. The highest BCUT2D eigenvalue weighted by molar-refractivity contribution is 7.13. The maximum atomic E-state index is 14.1. The highest BCUT2D eigenvalue weighted by Crippen LogP contribution is 2.48. The number of thiophene rings is 1. The van der Waals surface area contributed by atoms with E-state index < -0.39 is 0 Å². The lowest BCUT2D eigenvalue weighted by Crippen LogP contribution is -2.46. The first-order valence-corrected chi connectivity index (χ1v) is 13.8. The van der Waals surface area contributed by atoms with Crippen LogP contribution in [-0.2, 0) is 25.9 Å². The first-order valence-electron chi connectivity index (χ1n) is 12.9. The van der Waals surface area contributed by atoms with Crippen LogP contribution in [0.25, 0.3) is 33.1 Å². The van der Waals surface area contributed by atoms with Crippen molar-refractivity contribution in [2.75, 3.05) is 13.7 Å². The van der Waals surface area contributed by atoms with Crippen LogP contribution in [0.1, 0.15) is 55.7 Å². The Morgan fingerprint density at radius 1 is 1.11 bits per heavy atom. The minimum absolute atomic E-state index is 0.133. The summed E-state index contributed by atoms with van der Waals surface area (Å²) >= 11 is 1.73. The van der Waals surface area contributed by atoms with Gasteiger partial charge in [-0.05, 0) is 86.9 Å².